The quantitative estimate of drug-likeness (QED) is 0.266. The summed E-state index contributed by atoms with van der Waals surface area (Å²) in [7, 11) is 3.30. The van der Waals surface area contributed by atoms with Crippen LogP contribution < -0.4 is 15.4 Å². The lowest BCUT2D eigenvalue weighted by Gasteiger charge is -2.13. The second kappa shape index (κ2) is 11.8. The Morgan fingerprint density at radius 2 is 2.07 bits per heavy atom. The number of halogens is 3. The topological polar surface area (TPSA) is 63.5 Å². The number of hydrogen-bond donors (Lipinski definition) is 2. The van der Waals surface area contributed by atoms with Crippen molar-refractivity contribution >= 4 is 41.5 Å². The van der Waals surface area contributed by atoms with Crippen molar-refractivity contribution in [2.75, 3.05) is 20.7 Å². The summed E-state index contributed by atoms with van der Waals surface area (Å²) >= 11 is 6.27. The van der Waals surface area contributed by atoms with Crippen LogP contribution in [0.2, 0.25) is 5.02 Å². The molecule has 1 heterocycles. The fourth-order valence-corrected chi connectivity index (χ4v) is 3.12. The molecule has 0 unspecified atom stereocenters. The van der Waals surface area contributed by atoms with Crippen molar-refractivity contribution in [1.82, 2.24) is 20.2 Å². The lowest BCUT2D eigenvalue weighted by atomic mass is 10.1. The number of aromatic nitrogens is 2. The molecule has 0 spiro atoms. The van der Waals surface area contributed by atoms with Gasteiger partial charge in [0.25, 0.3) is 0 Å². The van der Waals surface area contributed by atoms with Crippen molar-refractivity contribution in [2.45, 2.75) is 13.0 Å². The first-order chi connectivity index (χ1) is 14.1. The molecule has 9 heteroatoms. The number of aliphatic imine (C=N–C) groups is 1. The van der Waals surface area contributed by atoms with Gasteiger partial charge in [-0.25, -0.2) is 9.37 Å². The first kappa shape index (κ1) is 23.9. The molecule has 2 N–H and O–H groups in total. The molecule has 0 fully saturated rings. The second-order valence-corrected chi connectivity index (χ2v) is 6.72. The largest absolute Gasteiger partial charge is 0.497 e. The average molecular weight is 544 g/mol. The Morgan fingerprint density at radius 1 is 1.23 bits per heavy atom. The van der Waals surface area contributed by atoms with Gasteiger partial charge in [-0.2, -0.15) is 0 Å². The van der Waals surface area contributed by atoms with Crippen LogP contribution in [0.25, 0.3) is 5.69 Å². The molecule has 0 aliphatic heterocycles. The lowest BCUT2D eigenvalue weighted by molar-refractivity contribution is 0.414. The van der Waals surface area contributed by atoms with E-state index in [9.17, 15) is 4.39 Å². The fourth-order valence-electron chi connectivity index (χ4n) is 2.85. The van der Waals surface area contributed by atoms with Crippen LogP contribution in [-0.2, 0) is 13.0 Å². The number of guanidine groups is 1. The molecule has 0 radical (unpaired) electrons. The predicted molar refractivity (Wildman–Crippen MR) is 129 cm³/mol. The summed E-state index contributed by atoms with van der Waals surface area (Å²) < 4.78 is 21.2. The van der Waals surface area contributed by atoms with Crippen LogP contribution in [0.3, 0.4) is 0 Å². The molecule has 30 heavy (non-hydrogen) atoms. The van der Waals surface area contributed by atoms with Crippen molar-refractivity contribution in [2.24, 2.45) is 4.99 Å². The number of rotatable bonds is 7. The molecular weight excluding hydrogens is 520 g/mol. The van der Waals surface area contributed by atoms with E-state index >= 15 is 0 Å². The highest BCUT2D eigenvalue weighted by Gasteiger charge is 2.07. The molecule has 160 valence electrons. The number of ether oxygens (including phenoxy) is 1. The molecule has 3 rings (SSSR count). The van der Waals surface area contributed by atoms with Gasteiger partial charge in [-0.3, -0.25) is 4.99 Å². The third kappa shape index (κ3) is 6.33. The Kier molecular flexibility index (Phi) is 9.38. The van der Waals surface area contributed by atoms with Crippen LogP contribution in [0.15, 0.2) is 60.1 Å². The van der Waals surface area contributed by atoms with E-state index in [-0.39, 0.29) is 29.8 Å². The summed E-state index contributed by atoms with van der Waals surface area (Å²) in [5.74, 6) is 1.06. The summed E-state index contributed by atoms with van der Waals surface area (Å²) in [5, 5.41) is 7.09. The summed E-state index contributed by atoms with van der Waals surface area (Å²) in [6.45, 7) is 1.10. The maximum absolute atomic E-state index is 14.4. The summed E-state index contributed by atoms with van der Waals surface area (Å²) in [5.41, 5.74) is 2.30. The van der Waals surface area contributed by atoms with E-state index in [1.165, 1.54) is 6.07 Å². The monoisotopic (exact) mass is 543 g/mol. The van der Waals surface area contributed by atoms with Gasteiger partial charge in [0.05, 0.1) is 19.1 Å². The lowest BCUT2D eigenvalue weighted by Crippen LogP contribution is -2.37. The smallest absolute Gasteiger partial charge is 0.191 e. The van der Waals surface area contributed by atoms with Crippen LogP contribution in [-0.4, -0.2) is 36.2 Å². The molecule has 0 amide bonds. The zero-order valence-electron chi connectivity index (χ0n) is 16.7. The zero-order valence-corrected chi connectivity index (χ0v) is 19.8. The number of imidazole rings is 1. The van der Waals surface area contributed by atoms with E-state index in [1.54, 1.807) is 49.6 Å². The van der Waals surface area contributed by atoms with Gasteiger partial charge in [-0.05, 0) is 41.8 Å². The number of nitrogens with zero attached hydrogens (tertiary/aromatic N) is 3. The van der Waals surface area contributed by atoms with Crippen molar-refractivity contribution in [3.05, 3.63) is 77.1 Å². The highest BCUT2D eigenvalue weighted by Crippen LogP contribution is 2.22. The third-order valence-electron chi connectivity index (χ3n) is 4.43. The van der Waals surface area contributed by atoms with Crippen LogP contribution in [0.5, 0.6) is 5.75 Å². The highest BCUT2D eigenvalue weighted by atomic mass is 127. The van der Waals surface area contributed by atoms with Crippen molar-refractivity contribution in [1.29, 1.82) is 0 Å². The van der Waals surface area contributed by atoms with Gasteiger partial charge in [0.1, 0.15) is 11.6 Å². The van der Waals surface area contributed by atoms with Gasteiger partial charge in [0.2, 0.25) is 0 Å². The van der Waals surface area contributed by atoms with Gasteiger partial charge < -0.3 is 19.9 Å². The van der Waals surface area contributed by atoms with E-state index < -0.39 is 0 Å². The van der Waals surface area contributed by atoms with Crippen LogP contribution in [0.4, 0.5) is 4.39 Å². The minimum absolute atomic E-state index is 0. The zero-order chi connectivity index (χ0) is 20.6. The van der Waals surface area contributed by atoms with Crippen LogP contribution >= 0.6 is 35.6 Å². The maximum Gasteiger partial charge on any atom is 0.191 e. The van der Waals surface area contributed by atoms with Gasteiger partial charge >= 0.3 is 0 Å². The molecule has 1 aromatic heterocycles. The fraction of sp³-hybridized carbons (Fsp3) is 0.238. The number of hydrogen-bond acceptors (Lipinski definition) is 3. The van der Waals surface area contributed by atoms with E-state index in [1.807, 2.05) is 18.2 Å². The standard InChI is InChI=1S/C21H23ClFN5O.HI/c1-24-21(26-8-7-16-4-5-17(29-2)12-18(16)22)27-13-15-3-6-20(19(23)11-15)28-10-9-25-14-28;/h3-6,9-12,14H,7-8,13H2,1-2H3,(H2,24,26,27);1H. The van der Waals surface area contributed by atoms with E-state index in [4.69, 9.17) is 16.3 Å². The molecule has 6 nitrogen and oxygen atoms in total. The van der Waals surface area contributed by atoms with Gasteiger partial charge in [-0.15, -0.1) is 24.0 Å². The summed E-state index contributed by atoms with van der Waals surface area (Å²) in [6, 6.07) is 10.7. The number of methoxy groups -OCH3 is 1. The number of nitrogens with one attached hydrogen (secondary N) is 2. The van der Waals surface area contributed by atoms with E-state index in [0.29, 0.717) is 29.8 Å². The van der Waals surface area contributed by atoms with Crippen molar-refractivity contribution in [3.8, 4) is 11.4 Å². The van der Waals surface area contributed by atoms with Crippen molar-refractivity contribution in [3.63, 3.8) is 0 Å². The average Bonchev–Trinajstić information content (AvgIpc) is 3.26. The normalized spacial score (nSPS) is 11.0. The maximum atomic E-state index is 14.4. The first-order valence-corrected chi connectivity index (χ1v) is 9.52. The second-order valence-electron chi connectivity index (χ2n) is 6.32. The van der Waals surface area contributed by atoms with Gasteiger partial charge in [0, 0.05) is 37.6 Å². The molecule has 3 aromatic rings. The van der Waals surface area contributed by atoms with Crippen molar-refractivity contribution < 1.29 is 9.13 Å². The summed E-state index contributed by atoms with van der Waals surface area (Å²) in [4.78, 5) is 8.14. The van der Waals surface area contributed by atoms with Crippen LogP contribution in [0, 0.1) is 5.82 Å². The van der Waals surface area contributed by atoms with Gasteiger partial charge in [0.15, 0.2) is 5.96 Å². The Balaban J connectivity index is 0.00000320. The predicted octanol–water partition coefficient (Wildman–Crippen LogP) is 4.20. The number of benzene rings is 2. The third-order valence-corrected chi connectivity index (χ3v) is 4.78. The van der Waals surface area contributed by atoms with Gasteiger partial charge in [-0.1, -0.05) is 23.7 Å². The van der Waals surface area contributed by atoms with E-state index in [0.717, 1.165) is 23.3 Å². The SMILES string of the molecule is CN=C(NCCc1ccc(OC)cc1Cl)NCc1ccc(-n2ccnc2)c(F)c1.I. The first-order valence-electron chi connectivity index (χ1n) is 9.14. The Labute approximate surface area is 197 Å². The van der Waals surface area contributed by atoms with Crippen LogP contribution in [0.1, 0.15) is 11.1 Å². The van der Waals surface area contributed by atoms with E-state index in [2.05, 4.69) is 20.6 Å². The Hall–Kier alpha value is -2.33. The molecule has 0 atom stereocenters. The molecule has 0 aliphatic carbocycles. The molecule has 0 bridgehead atoms. The Morgan fingerprint density at radius 3 is 2.70 bits per heavy atom. The minimum Gasteiger partial charge on any atom is -0.497 e. The summed E-state index contributed by atoms with van der Waals surface area (Å²) in [6.07, 6.45) is 5.62. The molecule has 0 saturated carbocycles. The molecule has 0 saturated heterocycles. The highest BCUT2D eigenvalue weighted by molar-refractivity contribution is 14.0. The molecule has 0 aliphatic rings. The molecule has 2 aromatic carbocycles. The Bertz CT molecular complexity index is 982. The minimum atomic E-state index is -0.306. The molecular formula is C21H24ClFIN5O.